The van der Waals surface area contributed by atoms with E-state index in [9.17, 15) is 9.90 Å². The van der Waals surface area contributed by atoms with Crippen molar-refractivity contribution in [3.8, 4) is 0 Å². The molecule has 15 heavy (non-hydrogen) atoms. The molecule has 0 aromatic heterocycles. The molecule has 1 atom stereocenters. The van der Waals surface area contributed by atoms with E-state index in [1.54, 1.807) is 6.07 Å². The van der Waals surface area contributed by atoms with E-state index in [1.165, 1.54) is 11.8 Å². The predicted octanol–water partition coefficient (Wildman–Crippen LogP) is 1.25. The molecule has 0 spiro atoms. The minimum atomic E-state index is -0.740. The third kappa shape index (κ3) is 3.66. The van der Waals surface area contributed by atoms with Crippen LogP contribution in [0.4, 0.5) is 0 Å². The van der Waals surface area contributed by atoms with Gasteiger partial charge in [-0.3, -0.25) is 4.79 Å². The Morgan fingerprint density at radius 2 is 2.27 bits per heavy atom. The summed E-state index contributed by atoms with van der Waals surface area (Å²) in [6.07, 6.45) is 0.0662. The number of aldehydes is 1. The summed E-state index contributed by atoms with van der Waals surface area (Å²) in [5.74, 6) is 0.389. The zero-order valence-corrected chi connectivity index (χ0v) is 9.33. The van der Waals surface area contributed by atoms with Crippen molar-refractivity contribution in [2.24, 2.45) is 0 Å². The summed E-state index contributed by atoms with van der Waals surface area (Å²) in [5.41, 5.74) is 1.66. The molecule has 0 aliphatic heterocycles. The summed E-state index contributed by atoms with van der Waals surface area (Å²) >= 11 is 1.37. The molecule has 0 radical (unpaired) electrons. The molecule has 2 N–H and O–H groups in total. The maximum absolute atomic E-state index is 10.8. The summed E-state index contributed by atoms with van der Waals surface area (Å²) in [6, 6.07) is 5.58. The molecule has 1 rings (SSSR count). The number of benzene rings is 1. The molecule has 1 unspecified atom stereocenters. The maximum atomic E-state index is 10.8. The van der Waals surface area contributed by atoms with E-state index < -0.39 is 6.10 Å². The number of carbonyl (C=O) groups is 1. The van der Waals surface area contributed by atoms with Crippen LogP contribution in [-0.4, -0.2) is 35.0 Å². The monoisotopic (exact) mass is 226 g/mol. The van der Waals surface area contributed by atoms with Gasteiger partial charge in [-0.15, -0.1) is 11.8 Å². The molecule has 4 heteroatoms. The normalized spacial score (nSPS) is 12.5. The van der Waals surface area contributed by atoms with Crippen molar-refractivity contribution in [1.82, 2.24) is 0 Å². The molecular weight excluding hydrogens is 212 g/mol. The second kappa shape index (κ2) is 5.90. The number of hydrogen-bond donors (Lipinski definition) is 2. The van der Waals surface area contributed by atoms with Gasteiger partial charge < -0.3 is 10.2 Å². The van der Waals surface area contributed by atoms with Crippen molar-refractivity contribution in [1.29, 1.82) is 0 Å². The Balaban J connectivity index is 2.72. The van der Waals surface area contributed by atoms with Gasteiger partial charge in [0.15, 0.2) is 6.29 Å². The molecule has 0 heterocycles. The largest absolute Gasteiger partial charge is 0.394 e. The van der Waals surface area contributed by atoms with Crippen LogP contribution in [-0.2, 0) is 0 Å². The molecule has 3 nitrogen and oxygen atoms in total. The molecule has 0 saturated carbocycles. The van der Waals surface area contributed by atoms with Crippen LogP contribution in [0.15, 0.2) is 23.1 Å². The Morgan fingerprint density at radius 3 is 2.87 bits per heavy atom. The minimum absolute atomic E-state index is 0.255. The van der Waals surface area contributed by atoms with Crippen LogP contribution >= 0.6 is 11.8 Å². The van der Waals surface area contributed by atoms with E-state index in [1.807, 2.05) is 19.1 Å². The average molecular weight is 226 g/mol. The van der Waals surface area contributed by atoms with Crippen LogP contribution in [0.25, 0.3) is 0 Å². The molecule has 0 aliphatic rings. The summed E-state index contributed by atoms with van der Waals surface area (Å²) in [4.78, 5) is 11.6. The molecular formula is C11H14O3S. The fraction of sp³-hybridized carbons (Fsp3) is 0.364. The van der Waals surface area contributed by atoms with Gasteiger partial charge in [0.05, 0.1) is 12.7 Å². The average Bonchev–Trinajstić information content (AvgIpc) is 2.26. The standard InChI is InChI=1S/C11H14O3S/c1-8-2-3-11(9(4-8)5-12)15-7-10(14)6-13/h2-5,10,13-14H,6-7H2,1H3. The van der Waals surface area contributed by atoms with Crippen molar-refractivity contribution in [2.75, 3.05) is 12.4 Å². The highest BCUT2D eigenvalue weighted by molar-refractivity contribution is 7.99. The van der Waals surface area contributed by atoms with Crippen LogP contribution in [0.2, 0.25) is 0 Å². The highest BCUT2D eigenvalue weighted by atomic mass is 32.2. The zero-order valence-electron chi connectivity index (χ0n) is 8.51. The fourth-order valence-electron chi connectivity index (χ4n) is 1.13. The minimum Gasteiger partial charge on any atom is -0.394 e. The van der Waals surface area contributed by atoms with Gasteiger partial charge in [0.1, 0.15) is 0 Å². The Kier molecular flexibility index (Phi) is 4.81. The van der Waals surface area contributed by atoms with Crippen molar-refractivity contribution >= 4 is 18.0 Å². The number of aliphatic hydroxyl groups is 2. The Hall–Kier alpha value is -0.840. The Morgan fingerprint density at radius 1 is 1.53 bits per heavy atom. The van der Waals surface area contributed by atoms with Gasteiger partial charge in [0, 0.05) is 16.2 Å². The second-order valence-corrected chi connectivity index (χ2v) is 4.37. The van der Waals surface area contributed by atoms with Crippen LogP contribution in [0.3, 0.4) is 0 Å². The summed E-state index contributed by atoms with van der Waals surface area (Å²) in [6.45, 7) is 1.67. The van der Waals surface area contributed by atoms with Crippen molar-refractivity contribution in [3.63, 3.8) is 0 Å². The highest BCUT2D eigenvalue weighted by Crippen LogP contribution is 2.23. The van der Waals surface area contributed by atoms with Crippen LogP contribution in [0, 0.1) is 6.92 Å². The number of aliphatic hydroxyl groups excluding tert-OH is 2. The lowest BCUT2D eigenvalue weighted by Gasteiger charge is -2.08. The molecule has 0 saturated heterocycles. The van der Waals surface area contributed by atoms with Gasteiger partial charge in [-0.2, -0.15) is 0 Å². The Bertz CT molecular complexity index is 339. The number of hydrogen-bond acceptors (Lipinski definition) is 4. The molecule has 0 bridgehead atoms. The topological polar surface area (TPSA) is 57.5 Å². The Labute approximate surface area is 93.1 Å². The quantitative estimate of drug-likeness (QED) is 0.586. The summed E-state index contributed by atoms with van der Waals surface area (Å²) in [5, 5.41) is 17.8. The van der Waals surface area contributed by atoms with E-state index in [0.717, 1.165) is 16.7 Å². The first-order chi connectivity index (χ1) is 7.17. The van der Waals surface area contributed by atoms with Crippen LogP contribution in [0.1, 0.15) is 15.9 Å². The van der Waals surface area contributed by atoms with Gasteiger partial charge >= 0.3 is 0 Å². The summed E-state index contributed by atoms with van der Waals surface area (Å²) < 4.78 is 0. The zero-order chi connectivity index (χ0) is 11.3. The van der Waals surface area contributed by atoms with Gasteiger partial charge in [-0.05, 0) is 19.1 Å². The first-order valence-corrected chi connectivity index (χ1v) is 5.63. The van der Waals surface area contributed by atoms with E-state index in [0.29, 0.717) is 11.3 Å². The van der Waals surface area contributed by atoms with Gasteiger partial charge in [0.25, 0.3) is 0 Å². The van der Waals surface area contributed by atoms with Gasteiger partial charge in [-0.25, -0.2) is 0 Å². The van der Waals surface area contributed by atoms with Crippen molar-refractivity contribution in [3.05, 3.63) is 29.3 Å². The van der Waals surface area contributed by atoms with Crippen LogP contribution in [0.5, 0.6) is 0 Å². The van der Waals surface area contributed by atoms with Crippen LogP contribution < -0.4 is 0 Å². The smallest absolute Gasteiger partial charge is 0.151 e. The second-order valence-electron chi connectivity index (χ2n) is 3.31. The molecule has 0 aliphatic carbocycles. The lowest BCUT2D eigenvalue weighted by Crippen LogP contribution is -2.14. The van der Waals surface area contributed by atoms with Crippen molar-refractivity contribution in [2.45, 2.75) is 17.9 Å². The van der Waals surface area contributed by atoms with E-state index in [2.05, 4.69) is 0 Å². The van der Waals surface area contributed by atoms with Gasteiger partial charge in [-0.1, -0.05) is 11.6 Å². The molecule has 0 fully saturated rings. The molecule has 1 aromatic carbocycles. The van der Waals surface area contributed by atoms with E-state index >= 15 is 0 Å². The molecule has 82 valence electrons. The maximum Gasteiger partial charge on any atom is 0.151 e. The molecule has 0 amide bonds. The number of thioether (sulfide) groups is 1. The van der Waals surface area contributed by atoms with Gasteiger partial charge in [0.2, 0.25) is 0 Å². The first-order valence-electron chi connectivity index (χ1n) is 4.65. The third-order valence-corrected chi connectivity index (χ3v) is 3.17. The number of carbonyl (C=O) groups excluding carboxylic acids is 1. The fourth-order valence-corrected chi connectivity index (χ4v) is 2.05. The van der Waals surface area contributed by atoms with E-state index in [4.69, 9.17) is 5.11 Å². The highest BCUT2D eigenvalue weighted by Gasteiger charge is 2.06. The molecule has 1 aromatic rings. The third-order valence-electron chi connectivity index (χ3n) is 1.93. The van der Waals surface area contributed by atoms with E-state index in [-0.39, 0.29) is 6.61 Å². The predicted molar refractivity (Wildman–Crippen MR) is 60.4 cm³/mol. The lowest BCUT2D eigenvalue weighted by molar-refractivity contribution is 0.111. The van der Waals surface area contributed by atoms with Crippen molar-refractivity contribution < 1.29 is 15.0 Å². The lowest BCUT2D eigenvalue weighted by atomic mass is 10.2. The SMILES string of the molecule is Cc1ccc(SCC(O)CO)c(C=O)c1. The number of rotatable bonds is 5. The first kappa shape index (κ1) is 12.2. The number of aryl methyl sites for hydroxylation is 1. The summed E-state index contributed by atoms with van der Waals surface area (Å²) in [7, 11) is 0.